The van der Waals surface area contributed by atoms with E-state index in [4.69, 9.17) is 17.0 Å². The molecule has 1 fully saturated rings. The highest BCUT2D eigenvalue weighted by Gasteiger charge is 2.25. The second kappa shape index (κ2) is 9.01. The molecule has 0 unspecified atom stereocenters. The molecule has 0 amide bonds. The van der Waals surface area contributed by atoms with Crippen LogP contribution in [-0.4, -0.2) is 58.4 Å². The lowest BCUT2D eigenvalue weighted by molar-refractivity contribution is -0.139. The predicted molar refractivity (Wildman–Crippen MR) is 112 cm³/mol. The second-order valence-electron chi connectivity index (χ2n) is 6.10. The van der Waals surface area contributed by atoms with Gasteiger partial charge in [0.1, 0.15) is 19.9 Å². The van der Waals surface area contributed by atoms with Gasteiger partial charge >= 0.3 is 11.9 Å². The normalized spacial score (nSPS) is 13.7. The number of likely N-dealkylation sites (tertiary alicyclic amines) is 1. The van der Waals surface area contributed by atoms with E-state index in [0.29, 0.717) is 16.4 Å². The molecule has 0 spiro atoms. The van der Waals surface area contributed by atoms with Gasteiger partial charge in [-0.25, -0.2) is 9.78 Å². The number of methoxy groups -OCH3 is 2. The monoisotopic (exact) mass is 441 g/mol. The molecule has 0 aromatic carbocycles. The van der Waals surface area contributed by atoms with Crippen LogP contribution in [0.3, 0.4) is 0 Å². The van der Waals surface area contributed by atoms with Gasteiger partial charge in [0.15, 0.2) is 0 Å². The molecule has 150 valence electrons. The van der Waals surface area contributed by atoms with Gasteiger partial charge in [0.25, 0.3) is 5.56 Å². The van der Waals surface area contributed by atoms with E-state index in [1.54, 1.807) is 0 Å². The largest absolute Gasteiger partial charge is 0.469 e. The van der Waals surface area contributed by atoms with Crippen LogP contribution in [0.2, 0.25) is 0 Å². The van der Waals surface area contributed by atoms with Gasteiger partial charge in [-0.2, -0.15) is 0 Å². The second-order valence-corrected chi connectivity index (χ2v) is 8.70. The molecule has 0 aliphatic carbocycles. The molecule has 1 N–H and O–H groups in total. The number of hydrogen-bond acceptors (Lipinski definition) is 9. The van der Waals surface area contributed by atoms with Gasteiger partial charge in [0, 0.05) is 18.7 Å². The van der Waals surface area contributed by atoms with Crippen LogP contribution in [0.15, 0.2) is 4.79 Å². The van der Waals surface area contributed by atoms with Crippen molar-refractivity contribution in [2.75, 3.05) is 27.3 Å². The molecule has 28 heavy (non-hydrogen) atoms. The maximum atomic E-state index is 12.7. The van der Waals surface area contributed by atoms with Gasteiger partial charge in [-0.05, 0) is 12.8 Å². The number of aromatic nitrogens is 2. The first-order valence-electron chi connectivity index (χ1n) is 8.56. The third kappa shape index (κ3) is 4.36. The van der Waals surface area contributed by atoms with Crippen molar-refractivity contribution < 1.29 is 19.1 Å². The van der Waals surface area contributed by atoms with E-state index in [1.807, 2.05) is 0 Å². The topological polar surface area (TPSA) is 102 Å². The van der Waals surface area contributed by atoms with Gasteiger partial charge < -0.3 is 19.4 Å². The van der Waals surface area contributed by atoms with Crippen LogP contribution in [0.4, 0.5) is 0 Å². The fourth-order valence-corrected chi connectivity index (χ4v) is 5.19. The van der Waals surface area contributed by atoms with Crippen molar-refractivity contribution in [2.45, 2.75) is 25.0 Å². The molecule has 0 radical (unpaired) electrons. The van der Waals surface area contributed by atoms with Gasteiger partial charge in [0.05, 0.1) is 31.8 Å². The minimum absolute atomic E-state index is 0.179. The van der Waals surface area contributed by atoms with Crippen molar-refractivity contribution >= 4 is 61.8 Å². The standard InChI is InChI=1S/C17H19N3O5S3/c1-24-11(21)7-9-12-14(22)18-10(8-27-17(26)20-5-3-4-6-20)19-15(12)28-13(9)16(23)25-2/h3-8H2,1-2H3,(H,18,19,22). The van der Waals surface area contributed by atoms with Crippen LogP contribution >= 0.6 is 35.3 Å². The number of esters is 2. The van der Waals surface area contributed by atoms with Crippen molar-refractivity contribution in [3.8, 4) is 0 Å². The van der Waals surface area contributed by atoms with E-state index in [9.17, 15) is 14.4 Å². The maximum absolute atomic E-state index is 12.7. The quantitative estimate of drug-likeness (QED) is 0.552. The third-order valence-electron chi connectivity index (χ3n) is 4.33. The van der Waals surface area contributed by atoms with Gasteiger partial charge in [0.2, 0.25) is 0 Å². The lowest BCUT2D eigenvalue weighted by Gasteiger charge is -2.17. The van der Waals surface area contributed by atoms with E-state index >= 15 is 0 Å². The predicted octanol–water partition coefficient (Wildman–Crippen LogP) is 2.10. The number of rotatable bonds is 5. The number of nitrogens with zero attached hydrogens (tertiary/aromatic N) is 2. The molecule has 1 aliphatic rings. The van der Waals surface area contributed by atoms with E-state index in [-0.39, 0.29) is 22.2 Å². The molecular formula is C17H19N3O5S3. The third-order valence-corrected chi connectivity index (χ3v) is 6.97. The van der Waals surface area contributed by atoms with Gasteiger partial charge in [-0.1, -0.05) is 24.0 Å². The number of thiophene rings is 1. The summed E-state index contributed by atoms with van der Waals surface area (Å²) < 4.78 is 10.2. The number of thiocarbonyl (C=S) groups is 1. The maximum Gasteiger partial charge on any atom is 0.348 e. The average Bonchev–Trinajstić information content (AvgIpc) is 3.34. The summed E-state index contributed by atoms with van der Waals surface area (Å²) in [6.07, 6.45) is 2.06. The summed E-state index contributed by atoms with van der Waals surface area (Å²) in [6, 6.07) is 0. The molecule has 1 aliphatic heterocycles. The fourth-order valence-electron chi connectivity index (χ4n) is 2.94. The summed E-state index contributed by atoms with van der Waals surface area (Å²) >= 11 is 7.91. The molecule has 11 heteroatoms. The average molecular weight is 442 g/mol. The summed E-state index contributed by atoms with van der Waals surface area (Å²) in [5, 5.41) is 0.215. The number of fused-ring (bicyclic) bond motifs is 1. The number of hydrogen-bond donors (Lipinski definition) is 1. The Morgan fingerprint density at radius 1 is 1.29 bits per heavy atom. The van der Waals surface area contributed by atoms with E-state index in [1.165, 1.54) is 26.0 Å². The van der Waals surface area contributed by atoms with Crippen molar-refractivity contribution in [3.05, 3.63) is 26.6 Å². The van der Waals surface area contributed by atoms with Crippen LogP contribution in [0.1, 0.15) is 33.9 Å². The van der Waals surface area contributed by atoms with E-state index in [0.717, 1.165) is 41.6 Å². The highest BCUT2D eigenvalue weighted by molar-refractivity contribution is 8.22. The zero-order valence-corrected chi connectivity index (χ0v) is 17.9. The Balaban J connectivity index is 1.91. The summed E-state index contributed by atoms with van der Waals surface area (Å²) in [4.78, 5) is 46.4. The Morgan fingerprint density at radius 3 is 2.64 bits per heavy atom. The van der Waals surface area contributed by atoms with Crippen LogP contribution in [0.25, 0.3) is 10.2 Å². The van der Waals surface area contributed by atoms with Crippen molar-refractivity contribution in [2.24, 2.45) is 0 Å². The van der Waals surface area contributed by atoms with E-state index in [2.05, 4.69) is 19.6 Å². The molecule has 2 aromatic rings. The van der Waals surface area contributed by atoms with Crippen molar-refractivity contribution in [3.63, 3.8) is 0 Å². The molecule has 0 atom stereocenters. The summed E-state index contributed by atoms with van der Waals surface area (Å²) in [5.41, 5.74) is -0.128. The lowest BCUT2D eigenvalue weighted by Crippen LogP contribution is -2.23. The Kier molecular flexibility index (Phi) is 6.68. The number of ether oxygens (including phenoxy) is 2. The molecule has 1 saturated heterocycles. The minimum atomic E-state index is -0.618. The van der Waals surface area contributed by atoms with E-state index < -0.39 is 17.5 Å². The number of aromatic amines is 1. The minimum Gasteiger partial charge on any atom is -0.469 e. The molecule has 2 aromatic heterocycles. The number of nitrogens with one attached hydrogen (secondary N) is 1. The number of H-pyrrole nitrogens is 1. The Hall–Kier alpha value is -1.98. The molecule has 8 nitrogen and oxygen atoms in total. The number of thioether (sulfide) groups is 1. The molecule has 3 heterocycles. The SMILES string of the molecule is COC(=O)Cc1c(C(=O)OC)sc2nc(CSC(=S)N3CCCC3)[nH]c(=O)c12. The Labute approximate surface area is 174 Å². The molecule has 0 saturated carbocycles. The Morgan fingerprint density at radius 2 is 2.00 bits per heavy atom. The first-order valence-corrected chi connectivity index (χ1v) is 10.8. The van der Waals surface area contributed by atoms with Crippen molar-refractivity contribution in [1.82, 2.24) is 14.9 Å². The zero-order chi connectivity index (χ0) is 20.3. The highest BCUT2D eigenvalue weighted by atomic mass is 32.2. The first kappa shape index (κ1) is 20.7. The van der Waals surface area contributed by atoms with Gasteiger partial charge in [-0.15, -0.1) is 11.3 Å². The highest BCUT2D eigenvalue weighted by Crippen LogP contribution is 2.30. The van der Waals surface area contributed by atoms with Crippen LogP contribution in [0, 0.1) is 0 Å². The van der Waals surface area contributed by atoms with Crippen LogP contribution in [0.5, 0.6) is 0 Å². The smallest absolute Gasteiger partial charge is 0.348 e. The first-order chi connectivity index (χ1) is 13.4. The number of carbonyl (C=O) groups excluding carboxylic acids is 2. The summed E-state index contributed by atoms with van der Waals surface area (Å²) in [5.74, 6) is -0.295. The van der Waals surface area contributed by atoms with Gasteiger partial charge in [-0.3, -0.25) is 9.59 Å². The fraction of sp³-hybridized carbons (Fsp3) is 0.471. The molecule has 0 bridgehead atoms. The molecular weight excluding hydrogens is 422 g/mol. The summed E-state index contributed by atoms with van der Waals surface area (Å²) in [6.45, 7) is 1.91. The number of carbonyl (C=O) groups is 2. The Bertz CT molecular complexity index is 978. The van der Waals surface area contributed by atoms with Crippen LogP contribution in [-0.2, 0) is 26.4 Å². The van der Waals surface area contributed by atoms with Crippen molar-refractivity contribution in [1.29, 1.82) is 0 Å². The zero-order valence-electron chi connectivity index (χ0n) is 15.4. The molecule has 3 rings (SSSR count). The summed E-state index contributed by atoms with van der Waals surface area (Å²) in [7, 11) is 2.49. The lowest BCUT2D eigenvalue weighted by atomic mass is 10.1. The van der Waals surface area contributed by atoms with Crippen LogP contribution < -0.4 is 5.56 Å².